The van der Waals surface area contributed by atoms with Crippen LogP contribution in [0.15, 0.2) is 71.9 Å². The Balaban J connectivity index is 1.77. The maximum atomic E-state index is 13.5. The van der Waals surface area contributed by atoms with Crippen molar-refractivity contribution in [1.29, 1.82) is 0 Å². The van der Waals surface area contributed by atoms with E-state index in [1.165, 1.54) is 36.0 Å². The van der Waals surface area contributed by atoms with Crippen LogP contribution in [0, 0.1) is 11.6 Å². The maximum Gasteiger partial charge on any atom is 0.215 e. The molecule has 0 amide bonds. The highest BCUT2D eigenvalue weighted by Crippen LogP contribution is 2.41. The molecule has 0 aliphatic heterocycles. The number of hydrogen-bond acceptors (Lipinski definition) is 6. The summed E-state index contributed by atoms with van der Waals surface area (Å²) in [5, 5.41) is 12.3. The summed E-state index contributed by atoms with van der Waals surface area (Å²) in [7, 11) is 3.13. The van der Waals surface area contributed by atoms with Gasteiger partial charge in [0.25, 0.3) is 0 Å². The number of aromatic nitrogens is 4. The molecule has 0 aliphatic rings. The van der Waals surface area contributed by atoms with Crippen molar-refractivity contribution in [2.24, 2.45) is 0 Å². The van der Waals surface area contributed by atoms with Gasteiger partial charge in [0.15, 0.2) is 0 Å². The minimum Gasteiger partial charge on any atom is -0.497 e. The van der Waals surface area contributed by atoms with Crippen LogP contribution in [0.2, 0.25) is 0 Å². The van der Waals surface area contributed by atoms with Gasteiger partial charge in [-0.2, -0.15) is 4.68 Å². The second-order valence-electron chi connectivity index (χ2n) is 6.51. The lowest BCUT2D eigenvalue weighted by Crippen LogP contribution is -2.05. The third-order valence-corrected chi connectivity index (χ3v) is 5.87. The zero-order valence-electron chi connectivity index (χ0n) is 16.7. The molecule has 6 nitrogen and oxygen atoms in total. The van der Waals surface area contributed by atoms with Crippen molar-refractivity contribution in [3.8, 4) is 17.2 Å². The zero-order valence-corrected chi connectivity index (χ0v) is 17.5. The Morgan fingerprint density at radius 1 is 0.839 bits per heavy atom. The monoisotopic (exact) mass is 440 g/mol. The van der Waals surface area contributed by atoms with E-state index in [9.17, 15) is 8.78 Å². The van der Waals surface area contributed by atoms with E-state index in [1.54, 1.807) is 61.4 Å². The number of halogens is 2. The van der Waals surface area contributed by atoms with Crippen LogP contribution >= 0.6 is 11.8 Å². The smallest absolute Gasteiger partial charge is 0.215 e. The number of methoxy groups -OCH3 is 2. The third-order valence-electron chi connectivity index (χ3n) is 4.62. The standard InChI is InChI=1S/C22H18F2N4O2S/c1-29-18-11-12-20(30-2)19(13-18)28-22(25-26-27-28)31-21(14-3-7-16(23)8-4-14)15-5-9-17(24)10-6-15/h3-13,21H,1-2H3. The number of hydrogen-bond donors (Lipinski definition) is 0. The first-order chi connectivity index (χ1) is 15.1. The highest BCUT2D eigenvalue weighted by atomic mass is 32.2. The van der Waals surface area contributed by atoms with Gasteiger partial charge in [0.2, 0.25) is 5.16 Å². The van der Waals surface area contributed by atoms with Crippen molar-refractivity contribution >= 4 is 11.8 Å². The lowest BCUT2D eigenvalue weighted by atomic mass is 10.0. The second kappa shape index (κ2) is 9.13. The molecule has 158 valence electrons. The van der Waals surface area contributed by atoms with Crippen LogP contribution in [-0.4, -0.2) is 34.4 Å². The van der Waals surface area contributed by atoms with Gasteiger partial charge in [0.1, 0.15) is 28.8 Å². The molecule has 1 heterocycles. The normalized spacial score (nSPS) is 11.0. The number of tetrazole rings is 1. The predicted molar refractivity (Wildman–Crippen MR) is 113 cm³/mol. The first kappa shape index (κ1) is 20.8. The summed E-state index contributed by atoms with van der Waals surface area (Å²) in [6.45, 7) is 0. The molecule has 3 aromatic carbocycles. The van der Waals surface area contributed by atoms with Crippen molar-refractivity contribution < 1.29 is 18.3 Å². The summed E-state index contributed by atoms with van der Waals surface area (Å²) >= 11 is 1.35. The fourth-order valence-electron chi connectivity index (χ4n) is 3.07. The molecule has 0 bridgehead atoms. The number of benzene rings is 3. The average molecular weight is 440 g/mol. The van der Waals surface area contributed by atoms with E-state index in [0.717, 1.165) is 11.1 Å². The van der Waals surface area contributed by atoms with Crippen LogP contribution in [-0.2, 0) is 0 Å². The maximum absolute atomic E-state index is 13.5. The minimum atomic E-state index is -0.336. The zero-order chi connectivity index (χ0) is 21.8. The third kappa shape index (κ3) is 4.51. The molecular weight excluding hydrogens is 422 g/mol. The molecular formula is C22H18F2N4O2S. The van der Waals surface area contributed by atoms with E-state index in [2.05, 4.69) is 15.5 Å². The lowest BCUT2D eigenvalue weighted by molar-refractivity contribution is 0.399. The van der Waals surface area contributed by atoms with Crippen molar-refractivity contribution in [2.75, 3.05) is 14.2 Å². The van der Waals surface area contributed by atoms with Gasteiger partial charge < -0.3 is 9.47 Å². The van der Waals surface area contributed by atoms with E-state index in [-0.39, 0.29) is 16.9 Å². The summed E-state index contributed by atoms with van der Waals surface area (Å²) in [6.07, 6.45) is 0. The molecule has 0 radical (unpaired) electrons. The molecule has 0 fully saturated rings. The summed E-state index contributed by atoms with van der Waals surface area (Å²) in [6, 6.07) is 17.6. The quantitative estimate of drug-likeness (QED) is 0.383. The molecule has 0 atom stereocenters. The molecule has 1 aromatic heterocycles. The van der Waals surface area contributed by atoms with Crippen LogP contribution < -0.4 is 9.47 Å². The van der Waals surface area contributed by atoms with Crippen LogP contribution in [0.1, 0.15) is 16.4 Å². The van der Waals surface area contributed by atoms with Crippen LogP contribution in [0.25, 0.3) is 5.69 Å². The first-order valence-electron chi connectivity index (χ1n) is 9.27. The summed E-state index contributed by atoms with van der Waals surface area (Å²) in [5.41, 5.74) is 2.25. The first-order valence-corrected chi connectivity index (χ1v) is 10.2. The fraction of sp³-hybridized carbons (Fsp3) is 0.136. The Hall–Kier alpha value is -3.46. The predicted octanol–water partition coefficient (Wildman–Crippen LogP) is 4.84. The highest BCUT2D eigenvalue weighted by Gasteiger charge is 2.22. The molecule has 0 spiro atoms. The van der Waals surface area contributed by atoms with Crippen molar-refractivity contribution in [2.45, 2.75) is 10.4 Å². The summed E-state index contributed by atoms with van der Waals surface area (Å²) in [5.74, 6) is 0.515. The minimum absolute atomic E-state index is 0.303. The van der Waals surface area contributed by atoms with E-state index in [0.29, 0.717) is 22.3 Å². The van der Waals surface area contributed by atoms with E-state index in [1.807, 2.05) is 0 Å². The second-order valence-corrected chi connectivity index (χ2v) is 7.58. The van der Waals surface area contributed by atoms with Crippen LogP contribution in [0.5, 0.6) is 11.5 Å². The molecule has 4 aromatic rings. The topological polar surface area (TPSA) is 62.1 Å². The average Bonchev–Trinajstić information content (AvgIpc) is 3.26. The van der Waals surface area contributed by atoms with Gasteiger partial charge in [-0.3, -0.25) is 0 Å². The summed E-state index contributed by atoms with van der Waals surface area (Å²) in [4.78, 5) is 0. The molecule has 0 saturated carbocycles. The Kier molecular flexibility index (Phi) is 6.13. The van der Waals surface area contributed by atoms with E-state index >= 15 is 0 Å². The Morgan fingerprint density at radius 3 is 2.00 bits per heavy atom. The van der Waals surface area contributed by atoms with Gasteiger partial charge in [-0.1, -0.05) is 36.0 Å². The van der Waals surface area contributed by atoms with Gasteiger partial charge in [0.05, 0.1) is 19.5 Å². The van der Waals surface area contributed by atoms with Crippen LogP contribution in [0.4, 0.5) is 8.78 Å². The lowest BCUT2D eigenvalue weighted by Gasteiger charge is -2.18. The molecule has 0 N–H and O–H groups in total. The van der Waals surface area contributed by atoms with E-state index in [4.69, 9.17) is 9.47 Å². The van der Waals surface area contributed by atoms with Gasteiger partial charge in [-0.25, -0.2) is 8.78 Å². The molecule has 31 heavy (non-hydrogen) atoms. The molecule has 0 saturated heterocycles. The number of rotatable bonds is 7. The van der Waals surface area contributed by atoms with Crippen molar-refractivity contribution in [3.05, 3.63) is 89.5 Å². The van der Waals surface area contributed by atoms with Gasteiger partial charge in [-0.05, 0) is 58.0 Å². The van der Waals surface area contributed by atoms with Crippen molar-refractivity contribution in [1.82, 2.24) is 20.2 Å². The Morgan fingerprint density at radius 2 is 1.45 bits per heavy atom. The highest BCUT2D eigenvalue weighted by molar-refractivity contribution is 7.99. The Bertz CT molecular complexity index is 1120. The SMILES string of the molecule is COc1ccc(OC)c(-n2nnnc2SC(c2ccc(F)cc2)c2ccc(F)cc2)c1. The van der Waals surface area contributed by atoms with E-state index < -0.39 is 0 Å². The molecule has 0 unspecified atom stereocenters. The van der Waals surface area contributed by atoms with Gasteiger partial charge >= 0.3 is 0 Å². The molecule has 9 heteroatoms. The van der Waals surface area contributed by atoms with Gasteiger partial charge in [-0.15, -0.1) is 5.10 Å². The fourth-order valence-corrected chi connectivity index (χ4v) is 4.19. The van der Waals surface area contributed by atoms with Crippen LogP contribution in [0.3, 0.4) is 0 Å². The largest absolute Gasteiger partial charge is 0.497 e. The molecule has 0 aliphatic carbocycles. The number of thioether (sulfide) groups is 1. The number of nitrogens with zero attached hydrogens (tertiary/aromatic N) is 4. The number of ether oxygens (including phenoxy) is 2. The van der Waals surface area contributed by atoms with Crippen molar-refractivity contribution in [3.63, 3.8) is 0 Å². The van der Waals surface area contributed by atoms with Gasteiger partial charge in [0, 0.05) is 6.07 Å². The Labute approximate surface area is 181 Å². The molecule has 4 rings (SSSR count). The summed E-state index contributed by atoms with van der Waals surface area (Å²) < 4.78 is 39.3.